The quantitative estimate of drug-likeness (QED) is 0.891. The number of benzene rings is 1. The Balaban J connectivity index is 2.85. The number of fused-ring (bicyclic) bond motifs is 1. The van der Waals surface area contributed by atoms with Crippen molar-refractivity contribution in [1.82, 2.24) is 4.57 Å². The van der Waals surface area contributed by atoms with Gasteiger partial charge in [-0.25, -0.2) is 0 Å². The van der Waals surface area contributed by atoms with Crippen LogP contribution in [0.2, 0.25) is 0 Å². The number of carbonyl (C=O) groups is 1. The summed E-state index contributed by atoms with van der Waals surface area (Å²) in [5.74, 6) is -0.994. The molecule has 1 unspecified atom stereocenters. The third-order valence-electron chi connectivity index (χ3n) is 3.55. The fourth-order valence-corrected chi connectivity index (χ4v) is 2.76. The topological polar surface area (TPSA) is 68.2 Å². The predicted molar refractivity (Wildman–Crippen MR) is 76.4 cm³/mol. The molecule has 3 N–H and O–H groups in total. The van der Waals surface area contributed by atoms with E-state index in [1.54, 1.807) is 0 Å². The van der Waals surface area contributed by atoms with E-state index in [4.69, 9.17) is 5.73 Å². The number of rotatable bonds is 3. The normalized spacial score (nSPS) is 13.2. The summed E-state index contributed by atoms with van der Waals surface area (Å²) in [6.07, 6.45) is 0. The molecule has 0 aliphatic rings. The van der Waals surface area contributed by atoms with Crippen LogP contribution in [0, 0.1) is 13.8 Å². The number of hydrogen-bond donors (Lipinski definition) is 2. The van der Waals surface area contributed by atoms with Crippen LogP contribution in [-0.4, -0.2) is 15.6 Å². The van der Waals surface area contributed by atoms with Gasteiger partial charge in [0.05, 0.1) is 0 Å². The zero-order valence-electron chi connectivity index (χ0n) is 11.8. The number of nitrogens with zero attached hydrogens (tertiary/aromatic N) is 1. The van der Waals surface area contributed by atoms with Crippen molar-refractivity contribution in [3.8, 4) is 0 Å². The molecule has 0 aliphatic carbocycles. The molecule has 0 radical (unpaired) electrons. The molecule has 1 heterocycles. The van der Waals surface area contributed by atoms with E-state index in [2.05, 4.69) is 24.5 Å². The maximum absolute atomic E-state index is 11.2. The molecule has 2 rings (SSSR count). The largest absolute Gasteiger partial charge is 0.480 e. The lowest BCUT2D eigenvalue weighted by Crippen LogP contribution is -2.21. The van der Waals surface area contributed by atoms with Gasteiger partial charge in [0.2, 0.25) is 0 Å². The average Bonchev–Trinajstić information content (AvgIpc) is 2.59. The van der Waals surface area contributed by atoms with Crippen LogP contribution in [0.15, 0.2) is 18.2 Å². The highest BCUT2D eigenvalue weighted by Crippen LogP contribution is 2.33. The lowest BCUT2D eigenvalue weighted by Gasteiger charge is -2.13. The van der Waals surface area contributed by atoms with Gasteiger partial charge in [-0.3, -0.25) is 4.79 Å². The molecule has 1 aromatic heterocycles. The minimum atomic E-state index is -0.994. The molecule has 0 aliphatic heterocycles. The number of aryl methyl sites for hydroxylation is 1. The number of carboxylic acids is 1. The van der Waals surface area contributed by atoms with Crippen molar-refractivity contribution < 1.29 is 9.90 Å². The SMILES string of the molecule is Cc1ccc2c(C(N)C(=O)O)c(C)n(C(C)C)c2c1. The Kier molecular flexibility index (Phi) is 3.37. The molecule has 19 heavy (non-hydrogen) atoms. The van der Waals surface area contributed by atoms with Gasteiger partial charge in [0.25, 0.3) is 0 Å². The maximum atomic E-state index is 11.2. The molecule has 0 amide bonds. The summed E-state index contributed by atoms with van der Waals surface area (Å²) >= 11 is 0. The second kappa shape index (κ2) is 4.70. The summed E-state index contributed by atoms with van der Waals surface area (Å²) in [5, 5.41) is 10.1. The van der Waals surface area contributed by atoms with Crippen LogP contribution < -0.4 is 5.73 Å². The van der Waals surface area contributed by atoms with Crippen molar-refractivity contribution in [3.63, 3.8) is 0 Å². The average molecular weight is 260 g/mol. The first kappa shape index (κ1) is 13.6. The van der Waals surface area contributed by atoms with E-state index in [1.807, 2.05) is 26.0 Å². The van der Waals surface area contributed by atoms with Crippen LogP contribution in [0.25, 0.3) is 10.9 Å². The van der Waals surface area contributed by atoms with E-state index in [0.29, 0.717) is 0 Å². The van der Waals surface area contributed by atoms with Gasteiger partial charge < -0.3 is 15.4 Å². The minimum absolute atomic E-state index is 0.263. The number of aromatic nitrogens is 1. The van der Waals surface area contributed by atoms with Gasteiger partial charge in [0, 0.05) is 28.2 Å². The van der Waals surface area contributed by atoms with Gasteiger partial charge in [-0.15, -0.1) is 0 Å². The summed E-state index contributed by atoms with van der Waals surface area (Å²) in [7, 11) is 0. The zero-order chi connectivity index (χ0) is 14.3. The lowest BCUT2D eigenvalue weighted by molar-refractivity contribution is -0.138. The third kappa shape index (κ3) is 2.12. The summed E-state index contributed by atoms with van der Waals surface area (Å²) in [6.45, 7) is 8.15. The van der Waals surface area contributed by atoms with Crippen molar-refractivity contribution >= 4 is 16.9 Å². The molecule has 2 aromatic rings. The highest BCUT2D eigenvalue weighted by Gasteiger charge is 2.24. The highest BCUT2D eigenvalue weighted by atomic mass is 16.4. The highest BCUT2D eigenvalue weighted by molar-refractivity contribution is 5.91. The van der Waals surface area contributed by atoms with Gasteiger partial charge >= 0.3 is 5.97 Å². The molecule has 4 heteroatoms. The Morgan fingerprint density at radius 2 is 1.95 bits per heavy atom. The number of nitrogens with two attached hydrogens (primary N) is 1. The molecule has 0 bridgehead atoms. The Morgan fingerprint density at radius 3 is 2.47 bits per heavy atom. The van der Waals surface area contributed by atoms with E-state index in [1.165, 1.54) is 0 Å². The predicted octanol–water partition coefficient (Wildman–Crippen LogP) is 2.92. The first-order valence-corrected chi connectivity index (χ1v) is 6.44. The Morgan fingerprint density at radius 1 is 1.32 bits per heavy atom. The van der Waals surface area contributed by atoms with Gasteiger partial charge in [-0.05, 0) is 39.3 Å². The van der Waals surface area contributed by atoms with Gasteiger partial charge in [-0.2, -0.15) is 0 Å². The fraction of sp³-hybridized carbons (Fsp3) is 0.400. The van der Waals surface area contributed by atoms with Crippen LogP contribution in [0.4, 0.5) is 0 Å². The van der Waals surface area contributed by atoms with E-state index in [9.17, 15) is 9.90 Å². The standard InChI is InChI=1S/C15H20N2O2/c1-8(2)17-10(4)13(14(16)15(18)19)11-6-5-9(3)7-12(11)17/h5-8,14H,16H2,1-4H3,(H,18,19). The molecule has 0 saturated heterocycles. The van der Waals surface area contributed by atoms with Crippen LogP contribution in [0.1, 0.15) is 42.8 Å². The van der Waals surface area contributed by atoms with E-state index < -0.39 is 12.0 Å². The first-order chi connectivity index (χ1) is 8.84. The Labute approximate surface area is 112 Å². The zero-order valence-corrected chi connectivity index (χ0v) is 11.8. The van der Waals surface area contributed by atoms with Gasteiger partial charge in [0.1, 0.15) is 6.04 Å². The van der Waals surface area contributed by atoms with Crippen LogP contribution in [-0.2, 0) is 4.79 Å². The number of hydrogen-bond acceptors (Lipinski definition) is 2. The molecule has 4 nitrogen and oxygen atoms in total. The van der Waals surface area contributed by atoms with Crippen molar-refractivity contribution in [1.29, 1.82) is 0 Å². The van der Waals surface area contributed by atoms with Gasteiger partial charge in [0.15, 0.2) is 0 Å². The summed E-state index contributed by atoms with van der Waals surface area (Å²) < 4.78 is 2.15. The summed E-state index contributed by atoms with van der Waals surface area (Å²) in [6, 6.07) is 5.32. The van der Waals surface area contributed by atoms with Gasteiger partial charge in [-0.1, -0.05) is 12.1 Å². The van der Waals surface area contributed by atoms with E-state index in [0.717, 1.165) is 27.7 Å². The molecule has 0 spiro atoms. The molecule has 102 valence electrons. The second-order valence-corrected chi connectivity index (χ2v) is 5.30. The Bertz CT molecular complexity index is 641. The fourth-order valence-electron chi connectivity index (χ4n) is 2.76. The van der Waals surface area contributed by atoms with E-state index >= 15 is 0 Å². The minimum Gasteiger partial charge on any atom is -0.480 e. The lowest BCUT2D eigenvalue weighted by atomic mass is 10.0. The number of aliphatic carboxylic acids is 1. The van der Waals surface area contributed by atoms with E-state index in [-0.39, 0.29) is 6.04 Å². The molecule has 1 aromatic carbocycles. The number of carboxylic acid groups (broad SMARTS) is 1. The van der Waals surface area contributed by atoms with Crippen LogP contribution in [0.5, 0.6) is 0 Å². The second-order valence-electron chi connectivity index (χ2n) is 5.30. The smallest absolute Gasteiger partial charge is 0.325 e. The van der Waals surface area contributed by atoms with Crippen LogP contribution >= 0.6 is 0 Å². The molecule has 1 atom stereocenters. The Hall–Kier alpha value is -1.81. The van der Waals surface area contributed by atoms with Crippen molar-refractivity contribution in [3.05, 3.63) is 35.0 Å². The monoisotopic (exact) mass is 260 g/mol. The van der Waals surface area contributed by atoms with Crippen LogP contribution in [0.3, 0.4) is 0 Å². The maximum Gasteiger partial charge on any atom is 0.325 e. The summed E-state index contributed by atoms with van der Waals surface area (Å²) in [4.78, 5) is 11.2. The van der Waals surface area contributed by atoms with Crippen molar-refractivity contribution in [2.45, 2.75) is 39.8 Å². The molecule has 0 saturated carbocycles. The van der Waals surface area contributed by atoms with Crippen molar-refractivity contribution in [2.75, 3.05) is 0 Å². The summed E-state index contributed by atoms with van der Waals surface area (Å²) in [5.41, 5.74) is 9.71. The first-order valence-electron chi connectivity index (χ1n) is 6.44. The molecule has 0 fully saturated rings. The molecular formula is C15H20N2O2. The third-order valence-corrected chi connectivity index (χ3v) is 3.55. The van der Waals surface area contributed by atoms with Crippen molar-refractivity contribution in [2.24, 2.45) is 5.73 Å². The molecular weight excluding hydrogens is 240 g/mol.